The summed E-state index contributed by atoms with van der Waals surface area (Å²) < 4.78 is 1.90. The van der Waals surface area contributed by atoms with Gasteiger partial charge in [0.1, 0.15) is 5.15 Å². The fourth-order valence-electron chi connectivity index (χ4n) is 2.81. The Morgan fingerprint density at radius 1 is 1.00 bits per heavy atom. The smallest absolute Gasteiger partial charge is 0.131 e. The molecule has 1 N–H and O–H groups in total. The second-order valence-electron chi connectivity index (χ2n) is 5.58. The van der Waals surface area contributed by atoms with Crippen LogP contribution in [0.25, 0.3) is 21.8 Å². The molecule has 0 bridgehead atoms. The van der Waals surface area contributed by atoms with E-state index < -0.39 is 0 Å². The molecule has 2 heterocycles. The molecule has 0 amide bonds. The van der Waals surface area contributed by atoms with Crippen molar-refractivity contribution >= 4 is 44.8 Å². The summed E-state index contributed by atoms with van der Waals surface area (Å²) in [7, 11) is 1.96. The van der Waals surface area contributed by atoms with Crippen molar-refractivity contribution in [3.05, 3.63) is 59.4 Å². The largest absolute Gasteiger partial charge is 0.355 e. The summed E-state index contributed by atoms with van der Waals surface area (Å²) in [4.78, 5) is 4.35. The summed E-state index contributed by atoms with van der Waals surface area (Å²) in [6, 6.07) is 16.0. The zero-order chi connectivity index (χ0) is 16.0. The zero-order valence-corrected chi connectivity index (χ0v) is 13.6. The average molecular weight is 323 g/mol. The van der Waals surface area contributed by atoms with Crippen LogP contribution in [-0.4, -0.2) is 14.8 Å². The van der Waals surface area contributed by atoms with Crippen molar-refractivity contribution in [2.75, 3.05) is 5.32 Å². The van der Waals surface area contributed by atoms with E-state index in [2.05, 4.69) is 34.5 Å². The first-order chi connectivity index (χ1) is 11.1. The first-order valence-corrected chi connectivity index (χ1v) is 7.75. The number of nitrogens with one attached hydrogen (secondary N) is 1. The number of aryl methyl sites for hydroxylation is 2. The molecule has 4 rings (SSSR count). The van der Waals surface area contributed by atoms with Gasteiger partial charge >= 0.3 is 0 Å². The van der Waals surface area contributed by atoms with Crippen molar-refractivity contribution in [2.45, 2.75) is 6.92 Å². The Morgan fingerprint density at radius 3 is 2.70 bits per heavy atom. The van der Waals surface area contributed by atoms with E-state index in [0.717, 1.165) is 38.9 Å². The van der Waals surface area contributed by atoms with Gasteiger partial charge in [-0.05, 0) is 37.3 Å². The second-order valence-corrected chi connectivity index (χ2v) is 5.96. The van der Waals surface area contributed by atoms with E-state index in [1.165, 1.54) is 0 Å². The molecule has 4 nitrogen and oxygen atoms in total. The lowest BCUT2D eigenvalue weighted by Gasteiger charge is -2.10. The minimum atomic E-state index is 0.473. The summed E-state index contributed by atoms with van der Waals surface area (Å²) in [5, 5.41) is 10.6. The first kappa shape index (κ1) is 14.0. The lowest BCUT2D eigenvalue weighted by Crippen LogP contribution is -1.93. The highest BCUT2D eigenvalue weighted by Crippen LogP contribution is 2.29. The highest BCUT2D eigenvalue weighted by molar-refractivity contribution is 6.30. The van der Waals surface area contributed by atoms with E-state index in [4.69, 9.17) is 11.6 Å². The Labute approximate surface area is 138 Å². The number of para-hydroxylation sites is 1. The molecule has 0 aliphatic carbocycles. The summed E-state index contributed by atoms with van der Waals surface area (Å²) in [6.45, 7) is 2.07. The molecular formula is C18H15ClN4. The molecule has 23 heavy (non-hydrogen) atoms. The number of aromatic nitrogens is 3. The van der Waals surface area contributed by atoms with Crippen LogP contribution in [0.1, 0.15) is 5.69 Å². The van der Waals surface area contributed by atoms with E-state index in [-0.39, 0.29) is 0 Å². The molecule has 0 atom stereocenters. The monoisotopic (exact) mass is 322 g/mol. The lowest BCUT2D eigenvalue weighted by atomic mass is 10.1. The van der Waals surface area contributed by atoms with E-state index >= 15 is 0 Å². The predicted molar refractivity (Wildman–Crippen MR) is 95.5 cm³/mol. The average Bonchev–Trinajstić information content (AvgIpc) is 2.81. The van der Waals surface area contributed by atoms with Crippen LogP contribution in [0.4, 0.5) is 11.4 Å². The predicted octanol–water partition coefficient (Wildman–Crippen LogP) is 4.83. The summed E-state index contributed by atoms with van der Waals surface area (Å²) in [5.74, 6) is 0. The lowest BCUT2D eigenvalue weighted by molar-refractivity contribution is 0.751. The van der Waals surface area contributed by atoms with Gasteiger partial charge in [-0.1, -0.05) is 29.8 Å². The Balaban J connectivity index is 1.81. The molecule has 5 heteroatoms. The van der Waals surface area contributed by atoms with Gasteiger partial charge in [0.05, 0.1) is 16.7 Å². The van der Waals surface area contributed by atoms with Gasteiger partial charge in [0.25, 0.3) is 0 Å². The van der Waals surface area contributed by atoms with Gasteiger partial charge < -0.3 is 5.32 Å². The van der Waals surface area contributed by atoms with E-state index in [9.17, 15) is 0 Å². The number of benzene rings is 2. The number of pyridine rings is 1. The van der Waals surface area contributed by atoms with Gasteiger partial charge in [-0.3, -0.25) is 4.68 Å². The van der Waals surface area contributed by atoms with Gasteiger partial charge in [0.15, 0.2) is 0 Å². The van der Waals surface area contributed by atoms with E-state index in [1.54, 1.807) is 0 Å². The molecule has 0 saturated carbocycles. The second kappa shape index (κ2) is 5.25. The van der Waals surface area contributed by atoms with Gasteiger partial charge in [0.2, 0.25) is 0 Å². The van der Waals surface area contributed by atoms with Crippen LogP contribution in [0.3, 0.4) is 0 Å². The Hall–Kier alpha value is -2.59. The number of hydrogen-bond acceptors (Lipinski definition) is 3. The topological polar surface area (TPSA) is 42.7 Å². The fraction of sp³-hybridized carbons (Fsp3) is 0.111. The van der Waals surface area contributed by atoms with Gasteiger partial charge in [-0.2, -0.15) is 5.10 Å². The molecule has 114 valence electrons. The Kier molecular flexibility index (Phi) is 3.20. The molecule has 0 spiro atoms. The molecule has 0 unspecified atom stereocenters. The first-order valence-electron chi connectivity index (χ1n) is 7.37. The Morgan fingerprint density at radius 2 is 1.83 bits per heavy atom. The number of hydrogen-bond donors (Lipinski definition) is 1. The summed E-state index contributed by atoms with van der Waals surface area (Å²) in [5.41, 5.74) is 4.91. The maximum absolute atomic E-state index is 6.14. The SMILES string of the molecule is Cc1c2ccc(Nc3cc(Cl)nc4ccccc34)cc2nn1C. The molecular weight excluding hydrogens is 308 g/mol. The normalized spacial score (nSPS) is 11.3. The van der Waals surface area contributed by atoms with Gasteiger partial charge in [-0.15, -0.1) is 0 Å². The van der Waals surface area contributed by atoms with Crippen molar-refractivity contribution in [3.63, 3.8) is 0 Å². The van der Waals surface area contributed by atoms with Crippen molar-refractivity contribution < 1.29 is 0 Å². The van der Waals surface area contributed by atoms with Gasteiger partial charge in [0, 0.05) is 29.2 Å². The third-order valence-corrected chi connectivity index (χ3v) is 4.29. The van der Waals surface area contributed by atoms with Crippen LogP contribution >= 0.6 is 11.6 Å². The molecule has 0 aliphatic heterocycles. The standard InChI is InChI=1S/C18H15ClN4/c1-11-13-8-7-12(9-17(13)22-23(11)2)20-16-10-18(19)21-15-6-4-3-5-14(15)16/h3-10H,1-2H3,(H,20,21). The van der Waals surface area contributed by atoms with E-state index in [0.29, 0.717) is 5.15 Å². The number of nitrogens with zero attached hydrogens (tertiary/aromatic N) is 3. The highest BCUT2D eigenvalue weighted by atomic mass is 35.5. The third kappa shape index (κ3) is 2.41. The Bertz CT molecular complexity index is 1040. The molecule has 2 aromatic carbocycles. The van der Waals surface area contributed by atoms with Crippen molar-refractivity contribution in [1.29, 1.82) is 0 Å². The number of rotatable bonds is 2. The van der Waals surface area contributed by atoms with Crippen LogP contribution in [-0.2, 0) is 7.05 Å². The molecule has 4 aromatic rings. The van der Waals surface area contributed by atoms with Crippen LogP contribution in [0.2, 0.25) is 5.15 Å². The maximum atomic E-state index is 6.14. The van der Waals surface area contributed by atoms with Crippen LogP contribution in [0.5, 0.6) is 0 Å². The van der Waals surface area contributed by atoms with Crippen LogP contribution in [0.15, 0.2) is 48.5 Å². The minimum Gasteiger partial charge on any atom is -0.355 e. The van der Waals surface area contributed by atoms with Gasteiger partial charge in [-0.25, -0.2) is 4.98 Å². The summed E-state index contributed by atoms with van der Waals surface area (Å²) in [6.07, 6.45) is 0. The number of halogens is 1. The van der Waals surface area contributed by atoms with Crippen molar-refractivity contribution in [1.82, 2.24) is 14.8 Å². The summed E-state index contributed by atoms with van der Waals surface area (Å²) >= 11 is 6.14. The van der Waals surface area contributed by atoms with Crippen molar-refractivity contribution in [2.24, 2.45) is 7.05 Å². The third-order valence-electron chi connectivity index (χ3n) is 4.09. The van der Waals surface area contributed by atoms with Crippen molar-refractivity contribution in [3.8, 4) is 0 Å². The number of fused-ring (bicyclic) bond motifs is 2. The fourth-order valence-corrected chi connectivity index (χ4v) is 3.01. The molecule has 0 saturated heterocycles. The molecule has 0 aliphatic rings. The van der Waals surface area contributed by atoms with Crippen LogP contribution < -0.4 is 5.32 Å². The molecule has 0 radical (unpaired) electrons. The molecule has 0 fully saturated rings. The molecule has 2 aromatic heterocycles. The minimum absolute atomic E-state index is 0.473. The quantitative estimate of drug-likeness (QED) is 0.538. The van der Waals surface area contributed by atoms with Crippen LogP contribution in [0, 0.1) is 6.92 Å². The number of anilines is 2. The maximum Gasteiger partial charge on any atom is 0.131 e. The van der Waals surface area contributed by atoms with E-state index in [1.807, 2.05) is 48.1 Å². The highest BCUT2D eigenvalue weighted by Gasteiger charge is 2.08. The zero-order valence-electron chi connectivity index (χ0n) is 12.8.